The molecule has 0 spiro atoms. The maximum atomic E-state index is 9.43. The third-order valence-electron chi connectivity index (χ3n) is 5.62. The highest BCUT2D eigenvalue weighted by molar-refractivity contribution is 6.62. The topological polar surface area (TPSA) is 45.5 Å². The first-order valence-corrected chi connectivity index (χ1v) is 8.87. The Hall–Kier alpha value is -1.51. The number of hydrogen-bond donors (Lipinski definition) is 0. The molecule has 0 radical (unpaired) electrons. The van der Waals surface area contributed by atoms with Crippen molar-refractivity contribution in [1.29, 1.82) is 5.26 Å². The molecular formula is C19H27BN2O2. The molecule has 0 saturated carbocycles. The van der Waals surface area contributed by atoms with Crippen molar-refractivity contribution in [2.24, 2.45) is 5.92 Å². The number of nitriles is 1. The second kappa shape index (κ2) is 6.09. The van der Waals surface area contributed by atoms with Crippen molar-refractivity contribution in [3.8, 4) is 6.07 Å². The summed E-state index contributed by atoms with van der Waals surface area (Å²) in [5.41, 5.74) is 1.95. The molecule has 24 heavy (non-hydrogen) atoms. The van der Waals surface area contributed by atoms with E-state index in [1.807, 2.05) is 39.8 Å². The molecular weight excluding hydrogens is 299 g/mol. The predicted molar refractivity (Wildman–Crippen MR) is 97.5 cm³/mol. The summed E-state index contributed by atoms with van der Waals surface area (Å²) < 4.78 is 12.3. The summed E-state index contributed by atoms with van der Waals surface area (Å²) in [4.78, 5) is 2.38. The zero-order valence-corrected chi connectivity index (χ0v) is 15.4. The van der Waals surface area contributed by atoms with Crippen LogP contribution in [0.4, 0.5) is 5.69 Å². The molecule has 1 aromatic rings. The van der Waals surface area contributed by atoms with E-state index in [0.29, 0.717) is 11.5 Å². The monoisotopic (exact) mass is 326 g/mol. The van der Waals surface area contributed by atoms with Crippen LogP contribution in [0.15, 0.2) is 18.2 Å². The average molecular weight is 326 g/mol. The lowest BCUT2D eigenvalue weighted by Gasteiger charge is -2.33. The van der Waals surface area contributed by atoms with Crippen molar-refractivity contribution in [2.75, 3.05) is 18.0 Å². The molecule has 0 aliphatic carbocycles. The van der Waals surface area contributed by atoms with Crippen LogP contribution in [0, 0.1) is 17.2 Å². The lowest BCUT2D eigenvalue weighted by Crippen LogP contribution is -2.41. The fourth-order valence-corrected chi connectivity index (χ4v) is 3.42. The highest BCUT2D eigenvalue weighted by Gasteiger charge is 2.51. The van der Waals surface area contributed by atoms with Gasteiger partial charge in [-0.05, 0) is 70.1 Å². The molecule has 2 heterocycles. The van der Waals surface area contributed by atoms with Gasteiger partial charge in [-0.2, -0.15) is 5.26 Å². The second-order valence-corrected chi connectivity index (χ2v) is 8.21. The molecule has 4 nitrogen and oxygen atoms in total. The van der Waals surface area contributed by atoms with Crippen LogP contribution in [-0.4, -0.2) is 31.4 Å². The summed E-state index contributed by atoms with van der Waals surface area (Å²) in [5, 5.41) is 9.43. The van der Waals surface area contributed by atoms with Crippen molar-refractivity contribution in [3.63, 3.8) is 0 Å². The van der Waals surface area contributed by atoms with Gasteiger partial charge in [0.1, 0.15) is 0 Å². The smallest absolute Gasteiger partial charge is 0.399 e. The fraction of sp³-hybridized carbons (Fsp3) is 0.632. The van der Waals surface area contributed by atoms with E-state index in [0.717, 1.165) is 24.2 Å². The van der Waals surface area contributed by atoms with Crippen LogP contribution in [-0.2, 0) is 9.31 Å². The van der Waals surface area contributed by atoms with E-state index >= 15 is 0 Å². The third kappa shape index (κ3) is 3.18. The molecule has 0 N–H and O–H groups in total. The fourth-order valence-electron chi connectivity index (χ4n) is 3.42. The van der Waals surface area contributed by atoms with Gasteiger partial charge in [-0.1, -0.05) is 6.92 Å². The van der Waals surface area contributed by atoms with E-state index in [1.165, 1.54) is 12.8 Å². The zero-order chi connectivity index (χ0) is 17.5. The number of rotatable bonds is 2. The van der Waals surface area contributed by atoms with Gasteiger partial charge in [-0.3, -0.25) is 0 Å². The molecule has 1 aromatic carbocycles. The molecule has 0 amide bonds. The predicted octanol–water partition coefficient (Wildman–Crippen LogP) is 3.09. The minimum absolute atomic E-state index is 0.375. The quantitative estimate of drug-likeness (QED) is 0.784. The Balaban J connectivity index is 1.92. The zero-order valence-electron chi connectivity index (χ0n) is 15.4. The molecule has 0 aromatic heterocycles. The van der Waals surface area contributed by atoms with Gasteiger partial charge < -0.3 is 14.2 Å². The van der Waals surface area contributed by atoms with Gasteiger partial charge in [0.25, 0.3) is 0 Å². The number of anilines is 1. The molecule has 5 heteroatoms. The maximum absolute atomic E-state index is 9.43. The molecule has 2 aliphatic rings. The van der Waals surface area contributed by atoms with Crippen LogP contribution in [0.5, 0.6) is 0 Å². The Morgan fingerprint density at radius 2 is 1.83 bits per heavy atom. The molecule has 2 aliphatic heterocycles. The second-order valence-electron chi connectivity index (χ2n) is 8.21. The molecule has 2 fully saturated rings. The van der Waals surface area contributed by atoms with Gasteiger partial charge in [0, 0.05) is 18.8 Å². The summed E-state index contributed by atoms with van der Waals surface area (Å²) in [6.45, 7) is 12.6. The van der Waals surface area contributed by atoms with Crippen LogP contribution in [0.1, 0.15) is 53.0 Å². The van der Waals surface area contributed by atoms with Crippen LogP contribution in [0.3, 0.4) is 0 Å². The van der Waals surface area contributed by atoms with Crippen LogP contribution in [0.25, 0.3) is 0 Å². The highest BCUT2D eigenvalue weighted by Crippen LogP contribution is 2.36. The molecule has 2 saturated heterocycles. The van der Waals surface area contributed by atoms with Crippen molar-refractivity contribution >= 4 is 18.3 Å². The molecule has 1 atom stereocenters. The van der Waals surface area contributed by atoms with Crippen molar-refractivity contribution in [3.05, 3.63) is 23.8 Å². The summed E-state index contributed by atoms with van der Waals surface area (Å²) in [7, 11) is -0.427. The Kier molecular flexibility index (Phi) is 4.40. The first-order valence-electron chi connectivity index (χ1n) is 8.87. The summed E-state index contributed by atoms with van der Waals surface area (Å²) in [6.07, 6.45) is 2.47. The van der Waals surface area contributed by atoms with Crippen LogP contribution in [0.2, 0.25) is 0 Å². The molecule has 1 unspecified atom stereocenters. The lowest BCUT2D eigenvalue weighted by molar-refractivity contribution is 0.00578. The number of nitrogens with zero attached hydrogens (tertiary/aromatic N) is 2. The largest absolute Gasteiger partial charge is 0.494 e. The van der Waals surface area contributed by atoms with Gasteiger partial charge in [-0.25, -0.2) is 0 Å². The van der Waals surface area contributed by atoms with E-state index in [9.17, 15) is 5.26 Å². The van der Waals surface area contributed by atoms with Crippen molar-refractivity contribution < 1.29 is 9.31 Å². The highest BCUT2D eigenvalue weighted by atomic mass is 16.7. The first kappa shape index (κ1) is 17.3. The van der Waals surface area contributed by atoms with E-state index in [1.54, 1.807) is 0 Å². The summed E-state index contributed by atoms with van der Waals surface area (Å²) in [5.74, 6) is 0.685. The van der Waals surface area contributed by atoms with Crippen LogP contribution >= 0.6 is 0 Å². The van der Waals surface area contributed by atoms with Crippen molar-refractivity contribution in [1.82, 2.24) is 0 Å². The Morgan fingerprint density at radius 3 is 2.42 bits per heavy atom. The standard InChI is InChI=1S/C19H27BN2O2/c1-14-7-6-8-22(13-14)17-10-15(12-21)9-16(11-17)20-23-18(2,3)19(4,5)24-20/h9-11,14H,6-8,13H2,1-5H3. The van der Waals surface area contributed by atoms with Crippen LogP contribution < -0.4 is 10.4 Å². The van der Waals surface area contributed by atoms with Gasteiger partial charge in [0.15, 0.2) is 0 Å². The Morgan fingerprint density at radius 1 is 1.17 bits per heavy atom. The first-order chi connectivity index (χ1) is 11.2. The summed E-state index contributed by atoms with van der Waals surface area (Å²) in [6, 6.07) is 8.28. The number of piperidine rings is 1. The molecule has 0 bridgehead atoms. The average Bonchev–Trinajstić information content (AvgIpc) is 2.75. The third-order valence-corrected chi connectivity index (χ3v) is 5.62. The maximum Gasteiger partial charge on any atom is 0.494 e. The summed E-state index contributed by atoms with van der Waals surface area (Å²) >= 11 is 0. The number of hydrogen-bond acceptors (Lipinski definition) is 4. The minimum Gasteiger partial charge on any atom is -0.399 e. The van der Waals surface area contributed by atoms with Gasteiger partial charge in [0.05, 0.1) is 22.8 Å². The van der Waals surface area contributed by atoms with E-state index in [4.69, 9.17) is 9.31 Å². The van der Waals surface area contributed by atoms with Crippen molar-refractivity contribution in [2.45, 2.75) is 58.7 Å². The van der Waals surface area contributed by atoms with Gasteiger partial charge in [-0.15, -0.1) is 0 Å². The minimum atomic E-state index is -0.427. The van der Waals surface area contributed by atoms with E-state index in [2.05, 4.69) is 24.0 Å². The lowest BCUT2D eigenvalue weighted by atomic mass is 9.78. The van der Waals surface area contributed by atoms with E-state index in [-0.39, 0.29) is 11.2 Å². The molecule has 128 valence electrons. The Labute approximate surface area is 145 Å². The Bertz CT molecular complexity index is 650. The van der Waals surface area contributed by atoms with E-state index < -0.39 is 7.12 Å². The SMILES string of the molecule is CC1CCCN(c2cc(C#N)cc(B3OC(C)(C)C(C)(C)O3)c2)C1. The van der Waals surface area contributed by atoms with Gasteiger partial charge >= 0.3 is 7.12 Å². The normalized spacial score (nSPS) is 25.6. The number of benzene rings is 1. The van der Waals surface area contributed by atoms with Gasteiger partial charge in [0.2, 0.25) is 0 Å². The molecule has 3 rings (SSSR count).